The molecule has 0 saturated heterocycles. The van der Waals surface area contributed by atoms with Gasteiger partial charge in [0.2, 0.25) is 0 Å². The van der Waals surface area contributed by atoms with Gasteiger partial charge in [-0.25, -0.2) is 0 Å². The summed E-state index contributed by atoms with van der Waals surface area (Å²) in [7, 11) is 0. The van der Waals surface area contributed by atoms with Gasteiger partial charge >= 0.3 is 0 Å². The van der Waals surface area contributed by atoms with Crippen LogP contribution in [0.4, 0.5) is 0 Å². The second kappa shape index (κ2) is 2.72. The van der Waals surface area contributed by atoms with Crippen LogP contribution in [-0.2, 0) is 0 Å². The average molecular weight is 149 g/mol. The summed E-state index contributed by atoms with van der Waals surface area (Å²) in [6, 6.07) is 5.01. The smallest absolute Gasteiger partial charge is 0.0356 e. The number of aromatic nitrogens is 1. The summed E-state index contributed by atoms with van der Waals surface area (Å²) < 4.78 is 2.36. The highest BCUT2D eigenvalue weighted by Crippen LogP contribution is 2.34. The summed E-state index contributed by atoms with van der Waals surface area (Å²) in [4.78, 5) is 0. The molecule has 0 aliphatic heterocycles. The van der Waals surface area contributed by atoms with Gasteiger partial charge in [-0.2, -0.15) is 0 Å². The van der Waals surface area contributed by atoms with Crippen molar-refractivity contribution in [1.82, 2.24) is 4.57 Å². The van der Waals surface area contributed by atoms with Gasteiger partial charge in [0.25, 0.3) is 0 Å². The molecule has 1 fully saturated rings. The van der Waals surface area contributed by atoms with Gasteiger partial charge in [-0.1, -0.05) is 13.3 Å². The van der Waals surface area contributed by atoms with E-state index in [1.165, 1.54) is 19.3 Å². The minimum absolute atomic E-state index is 0.782. The highest BCUT2D eigenvalue weighted by molar-refractivity contribution is 4.95. The van der Waals surface area contributed by atoms with Gasteiger partial charge < -0.3 is 4.57 Å². The van der Waals surface area contributed by atoms with Crippen molar-refractivity contribution in [1.29, 1.82) is 0 Å². The molecule has 1 heterocycles. The van der Waals surface area contributed by atoms with Gasteiger partial charge in [0, 0.05) is 18.4 Å². The summed E-state index contributed by atoms with van der Waals surface area (Å²) in [5.41, 5.74) is 0. The van der Waals surface area contributed by atoms with Crippen LogP contribution in [0.1, 0.15) is 32.2 Å². The van der Waals surface area contributed by atoms with E-state index in [9.17, 15) is 0 Å². The number of hydrogen-bond acceptors (Lipinski definition) is 0. The molecule has 0 bridgehead atoms. The summed E-state index contributed by atoms with van der Waals surface area (Å²) in [5, 5.41) is 0. The van der Waals surface area contributed by atoms with Crippen LogP contribution in [0.2, 0.25) is 0 Å². The van der Waals surface area contributed by atoms with E-state index in [0.717, 1.165) is 12.0 Å². The minimum atomic E-state index is 0.782. The number of nitrogens with zero attached hydrogens (tertiary/aromatic N) is 1. The maximum absolute atomic E-state index is 2.36. The van der Waals surface area contributed by atoms with Gasteiger partial charge in [0.15, 0.2) is 0 Å². The molecular formula is C10H15N. The maximum atomic E-state index is 2.36. The van der Waals surface area contributed by atoms with E-state index in [0.29, 0.717) is 0 Å². The van der Waals surface area contributed by atoms with Crippen molar-refractivity contribution in [3.8, 4) is 0 Å². The molecule has 1 aromatic heterocycles. The third kappa shape index (κ3) is 1.20. The van der Waals surface area contributed by atoms with Crippen LogP contribution in [0.15, 0.2) is 24.5 Å². The molecule has 0 aromatic carbocycles. The van der Waals surface area contributed by atoms with Crippen molar-refractivity contribution in [3.63, 3.8) is 0 Å². The first-order chi connectivity index (χ1) is 5.38. The Bertz CT molecular complexity index is 213. The first-order valence-corrected chi connectivity index (χ1v) is 4.50. The zero-order valence-corrected chi connectivity index (χ0v) is 7.03. The summed E-state index contributed by atoms with van der Waals surface area (Å²) in [6.07, 6.45) is 8.56. The molecule has 0 spiro atoms. The van der Waals surface area contributed by atoms with Crippen molar-refractivity contribution in [2.24, 2.45) is 5.92 Å². The SMILES string of the molecule is CC1CCCC1n1cccc1. The van der Waals surface area contributed by atoms with Crippen LogP contribution in [-0.4, -0.2) is 4.57 Å². The molecule has 0 radical (unpaired) electrons. The molecule has 2 atom stereocenters. The minimum Gasteiger partial charge on any atom is -0.351 e. The Morgan fingerprint density at radius 1 is 1.18 bits per heavy atom. The first-order valence-electron chi connectivity index (χ1n) is 4.50. The molecule has 2 rings (SSSR count). The lowest BCUT2D eigenvalue weighted by molar-refractivity contribution is 0.409. The second-order valence-corrected chi connectivity index (χ2v) is 3.61. The molecule has 1 aliphatic carbocycles. The Morgan fingerprint density at radius 2 is 1.91 bits per heavy atom. The Labute approximate surface area is 68.0 Å². The standard InChI is InChI=1S/C10H15N/c1-9-5-4-6-10(9)11-7-2-3-8-11/h2-3,7-10H,4-6H2,1H3. The van der Waals surface area contributed by atoms with Crippen molar-refractivity contribution in [2.45, 2.75) is 32.2 Å². The maximum Gasteiger partial charge on any atom is 0.0356 e. The quantitative estimate of drug-likeness (QED) is 0.578. The van der Waals surface area contributed by atoms with Gasteiger partial charge in [-0.3, -0.25) is 0 Å². The molecular weight excluding hydrogens is 134 g/mol. The highest BCUT2D eigenvalue weighted by atomic mass is 15.0. The molecule has 1 aromatic rings. The van der Waals surface area contributed by atoms with Crippen LogP contribution >= 0.6 is 0 Å². The molecule has 1 nitrogen and oxygen atoms in total. The fourth-order valence-electron chi connectivity index (χ4n) is 2.14. The second-order valence-electron chi connectivity index (χ2n) is 3.61. The molecule has 1 aliphatic rings. The van der Waals surface area contributed by atoms with E-state index in [2.05, 4.69) is 36.0 Å². The largest absolute Gasteiger partial charge is 0.351 e. The van der Waals surface area contributed by atoms with Crippen molar-refractivity contribution >= 4 is 0 Å². The first kappa shape index (κ1) is 6.96. The summed E-state index contributed by atoms with van der Waals surface area (Å²) in [6.45, 7) is 2.36. The van der Waals surface area contributed by atoms with Gasteiger partial charge in [0.05, 0.1) is 0 Å². The Hall–Kier alpha value is -0.720. The fraction of sp³-hybridized carbons (Fsp3) is 0.600. The molecule has 2 unspecified atom stereocenters. The average Bonchev–Trinajstić information content (AvgIpc) is 2.55. The van der Waals surface area contributed by atoms with E-state index >= 15 is 0 Å². The van der Waals surface area contributed by atoms with E-state index in [4.69, 9.17) is 0 Å². The van der Waals surface area contributed by atoms with Crippen molar-refractivity contribution in [2.75, 3.05) is 0 Å². The molecule has 1 heteroatoms. The molecule has 0 amide bonds. The monoisotopic (exact) mass is 149 g/mol. The number of hydrogen-bond donors (Lipinski definition) is 0. The van der Waals surface area contributed by atoms with Gasteiger partial charge in [-0.05, 0) is 30.9 Å². The zero-order chi connectivity index (χ0) is 7.68. The zero-order valence-electron chi connectivity index (χ0n) is 7.03. The van der Waals surface area contributed by atoms with Crippen LogP contribution in [0, 0.1) is 5.92 Å². The van der Waals surface area contributed by atoms with E-state index in [1.54, 1.807) is 0 Å². The third-order valence-corrected chi connectivity index (χ3v) is 2.83. The van der Waals surface area contributed by atoms with Crippen molar-refractivity contribution in [3.05, 3.63) is 24.5 Å². The van der Waals surface area contributed by atoms with Crippen LogP contribution in [0.5, 0.6) is 0 Å². The lowest BCUT2D eigenvalue weighted by Gasteiger charge is -2.16. The highest BCUT2D eigenvalue weighted by Gasteiger charge is 2.23. The lowest BCUT2D eigenvalue weighted by atomic mass is 10.1. The van der Waals surface area contributed by atoms with Crippen molar-refractivity contribution < 1.29 is 0 Å². The molecule has 60 valence electrons. The summed E-state index contributed by atoms with van der Waals surface area (Å²) >= 11 is 0. The van der Waals surface area contributed by atoms with E-state index in [-0.39, 0.29) is 0 Å². The Kier molecular flexibility index (Phi) is 1.72. The molecule has 1 saturated carbocycles. The van der Waals surface area contributed by atoms with Gasteiger partial charge in [0.1, 0.15) is 0 Å². The number of rotatable bonds is 1. The predicted molar refractivity (Wildman–Crippen MR) is 46.5 cm³/mol. The normalized spacial score (nSPS) is 31.0. The summed E-state index contributed by atoms with van der Waals surface area (Å²) in [5.74, 6) is 0.877. The topological polar surface area (TPSA) is 4.93 Å². The Morgan fingerprint density at radius 3 is 2.45 bits per heavy atom. The Balaban J connectivity index is 2.16. The van der Waals surface area contributed by atoms with Crippen LogP contribution in [0.25, 0.3) is 0 Å². The van der Waals surface area contributed by atoms with Gasteiger partial charge in [-0.15, -0.1) is 0 Å². The fourth-order valence-corrected chi connectivity index (χ4v) is 2.14. The van der Waals surface area contributed by atoms with Crippen LogP contribution < -0.4 is 0 Å². The van der Waals surface area contributed by atoms with E-state index < -0.39 is 0 Å². The lowest BCUT2D eigenvalue weighted by Crippen LogP contribution is -2.08. The molecule has 0 N–H and O–H groups in total. The third-order valence-electron chi connectivity index (χ3n) is 2.83. The van der Waals surface area contributed by atoms with E-state index in [1.807, 2.05) is 0 Å². The predicted octanol–water partition coefficient (Wildman–Crippen LogP) is 2.85. The van der Waals surface area contributed by atoms with Crippen LogP contribution in [0.3, 0.4) is 0 Å². The molecule has 11 heavy (non-hydrogen) atoms.